The number of rotatable bonds is 7. The summed E-state index contributed by atoms with van der Waals surface area (Å²) in [5.74, 6) is -1.10. The van der Waals surface area contributed by atoms with Crippen LogP contribution in [0.1, 0.15) is 39.1 Å². The van der Waals surface area contributed by atoms with Crippen molar-refractivity contribution in [1.29, 1.82) is 0 Å². The van der Waals surface area contributed by atoms with Crippen LogP contribution in [0.5, 0.6) is 0 Å². The highest BCUT2D eigenvalue weighted by Gasteiger charge is 2.17. The Balaban J connectivity index is 1.48. The number of benzene rings is 2. The Morgan fingerprint density at radius 1 is 0.963 bits per heavy atom. The van der Waals surface area contributed by atoms with Gasteiger partial charge in [-0.05, 0) is 25.0 Å². The first-order valence-electron chi connectivity index (χ1n) is 8.89. The van der Waals surface area contributed by atoms with Crippen molar-refractivity contribution in [2.24, 2.45) is 0 Å². The van der Waals surface area contributed by atoms with E-state index in [1.165, 1.54) is 12.1 Å². The molecule has 0 spiro atoms. The van der Waals surface area contributed by atoms with Gasteiger partial charge in [-0.25, -0.2) is 4.79 Å². The van der Waals surface area contributed by atoms with Crippen LogP contribution in [-0.4, -0.2) is 43.5 Å². The van der Waals surface area contributed by atoms with Crippen LogP contribution in [0, 0.1) is 0 Å². The van der Waals surface area contributed by atoms with Gasteiger partial charge in [-0.1, -0.05) is 42.5 Å². The highest BCUT2D eigenvalue weighted by atomic mass is 16.5. The van der Waals surface area contributed by atoms with E-state index in [2.05, 4.69) is 5.32 Å². The van der Waals surface area contributed by atoms with Crippen LogP contribution < -0.4 is 5.32 Å². The summed E-state index contributed by atoms with van der Waals surface area (Å²) in [6.45, 7) is 0.793. The van der Waals surface area contributed by atoms with E-state index >= 15 is 0 Å². The summed E-state index contributed by atoms with van der Waals surface area (Å²) in [6, 6.07) is 15.1. The largest absolute Gasteiger partial charge is 0.452 e. The van der Waals surface area contributed by atoms with E-state index in [0.717, 1.165) is 19.4 Å². The second-order valence-corrected chi connectivity index (χ2v) is 6.29. The summed E-state index contributed by atoms with van der Waals surface area (Å²) in [7, 11) is 0. The van der Waals surface area contributed by atoms with E-state index in [1.807, 2.05) is 6.07 Å². The second-order valence-electron chi connectivity index (χ2n) is 6.29. The molecule has 1 atom stereocenters. The molecule has 1 aliphatic rings. The van der Waals surface area contributed by atoms with Crippen molar-refractivity contribution < 1.29 is 23.9 Å². The molecule has 0 aromatic heterocycles. The van der Waals surface area contributed by atoms with Gasteiger partial charge in [-0.2, -0.15) is 0 Å². The molecular weight excluding hydrogens is 346 g/mol. The number of ether oxygens (including phenoxy) is 2. The van der Waals surface area contributed by atoms with Crippen molar-refractivity contribution >= 4 is 17.7 Å². The van der Waals surface area contributed by atoms with Gasteiger partial charge >= 0.3 is 5.97 Å². The highest BCUT2D eigenvalue weighted by molar-refractivity contribution is 6.09. The molecule has 0 bridgehead atoms. The molecule has 1 unspecified atom stereocenters. The Kier molecular flexibility index (Phi) is 6.33. The second kappa shape index (κ2) is 9.09. The van der Waals surface area contributed by atoms with E-state index in [-0.39, 0.29) is 30.0 Å². The lowest BCUT2D eigenvalue weighted by molar-refractivity contribution is -0.124. The van der Waals surface area contributed by atoms with Gasteiger partial charge in [0.25, 0.3) is 5.91 Å². The third-order valence-corrected chi connectivity index (χ3v) is 4.30. The predicted octanol–water partition coefficient (Wildman–Crippen LogP) is 2.37. The van der Waals surface area contributed by atoms with Gasteiger partial charge in [-0.15, -0.1) is 0 Å². The summed E-state index contributed by atoms with van der Waals surface area (Å²) in [6.07, 6.45) is 1.96. The summed E-state index contributed by atoms with van der Waals surface area (Å²) in [5, 5.41) is 2.69. The van der Waals surface area contributed by atoms with Crippen LogP contribution in [0.15, 0.2) is 54.6 Å². The summed E-state index contributed by atoms with van der Waals surface area (Å²) in [5.41, 5.74) is 1.34. The van der Waals surface area contributed by atoms with Crippen LogP contribution in [0.25, 0.3) is 0 Å². The number of amides is 1. The van der Waals surface area contributed by atoms with Crippen LogP contribution in [0.2, 0.25) is 0 Å². The number of carbonyl (C=O) groups is 3. The molecule has 1 aliphatic heterocycles. The summed E-state index contributed by atoms with van der Waals surface area (Å²) >= 11 is 0. The predicted molar refractivity (Wildman–Crippen MR) is 98.6 cm³/mol. The Morgan fingerprint density at radius 2 is 1.63 bits per heavy atom. The smallest absolute Gasteiger partial charge is 0.338 e. The average Bonchev–Trinajstić information content (AvgIpc) is 3.24. The quantitative estimate of drug-likeness (QED) is 0.600. The maximum Gasteiger partial charge on any atom is 0.338 e. The molecule has 2 aromatic rings. The van der Waals surface area contributed by atoms with Crippen molar-refractivity contribution in [3.63, 3.8) is 0 Å². The van der Waals surface area contributed by atoms with Crippen LogP contribution in [0.3, 0.4) is 0 Å². The average molecular weight is 367 g/mol. The van der Waals surface area contributed by atoms with Crippen molar-refractivity contribution in [2.75, 3.05) is 19.8 Å². The van der Waals surface area contributed by atoms with E-state index in [1.54, 1.807) is 36.4 Å². The summed E-state index contributed by atoms with van der Waals surface area (Å²) < 4.78 is 10.4. The topological polar surface area (TPSA) is 81.7 Å². The van der Waals surface area contributed by atoms with Gasteiger partial charge in [0.2, 0.25) is 0 Å². The fraction of sp³-hybridized carbons (Fsp3) is 0.286. The molecule has 3 rings (SSSR count). The molecule has 6 heteroatoms. The third kappa shape index (κ3) is 5.24. The molecule has 6 nitrogen and oxygen atoms in total. The van der Waals surface area contributed by atoms with Crippen LogP contribution in [0.4, 0.5) is 0 Å². The van der Waals surface area contributed by atoms with Gasteiger partial charge in [0.05, 0.1) is 11.7 Å². The minimum Gasteiger partial charge on any atom is -0.452 e. The molecule has 140 valence electrons. The minimum atomic E-state index is -0.610. The first kappa shape index (κ1) is 18.8. The molecule has 0 saturated carbocycles. The normalized spacial score (nSPS) is 15.9. The molecule has 1 saturated heterocycles. The lowest BCUT2D eigenvalue weighted by atomic mass is 10.0. The number of hydrogen-bond donors (Lipinski definition) is 1. The molecule has 1 heterocycles. The van der Waals surface area contributed by atoms with E-state index < -0.39 is 5.97 Å². The van der Waals surface area contributed by atoms with Gasteiger partial charge < -0.3 is 14.8 Å². The van der Waals surface area contributed by atoms with Crippen molar-refractivity contribution in [3.05, 3.63) is 71.3 Å². The molecule has 1 amide bonds. The van der Waals surface area contributed by atoms with E-state index in [0.29, 0.717) is 17.7 Å². The number of esters is 1. The molecule has 0 radical (unpaired) electrons. The molecule has 0 aliphatic carbocycles. The van der Waals surface area contributed by atoms with Crippen LogP contribution >= 0.6 is 0 Å². The third-order valence-electron chi connectivity index (χ3n) is 4.30. The fourth-order valence-electron chi connectivity index (χ4n) is 2.81. The molecule has 1 fully saturated rings. The lowest BCUT2D eigenvalue weighted by Gasteiger charge is -2.11. The first-order chi connectivity index (χ1) is 13.1. The van der Waals surface area contributed by atoms with E-state index in [4.69, 9.17) is 9.47 Å². The van der Waals surface area contributed by atoms with Gasteiger partial charge in [-0.3, -0.25) is 9.59 Å². The molecular formula is C21H21NO5. The number of ketones is 1. The summed E-state index contributed by atoms with van der Waals surface area (Å²) in [4.78, 5) is 36.1. The zero-order chi connectivity index (χ0) is 19.1. The fourth-order valence-corrected chi connectivity index (χ4v) is 2.81. The maximum atomic E-state index is 12.3. The monoisotopic (exact) mass is 367 g/mol. The number of carbonyl (C=O) groups excluding carboxylic acids is 3. The zero-order valence-electron chi connectivity index (χ0n) is 14.9. The standard InChI is InChI=1S/C21H21NO5/c23-19(22-13-18-7-4-12-26-18)14-27-21(25)17-10-8-16(9-11-17)20(24)15-5-2-1-3-6-15/h1-3,5-6,8-11,18H,4,7,12-14H2,(H,22,23). The molecule has 2 aromatic carbocycles. The van der Waals surface area contributed by atoms with Crippen LogP contribution in [-0.2, 0) is 14.3 Å². The van der Waals surface area contributed by atoms with E-state index in [9.17, 15) is 14.4 Å². The zero-order valence-corrected chi connectivity index (χ0v) is 14.9. The Bertz CT molecular complexity index is 795. The number of nitrogens with one attached hydrogen (secondary N) is 1. The van der Waals surface area contributed by atoms with Crippen molar-refractivity contribution in [3.8, 4) is 0 Å². The Labute approximate surface area is 157 Å². The Hall–Kier alpha value is -2.99. The highest BCUT2D eigenvalue weighted by Crippen LogP contribution is 2.12. The number of hydrogen-bond acceptors (Lipinski definition) is 5. The van der Waals surface area contributed by atoms with Gasteiger partial charge in [0, 0.05) is 24.3 Å². The maximum absolute atomic E-state index is 12.3. The van der Waals surface area contributed by atoms with Crippen molar-refractivity contribution in [2.45, 2.75) is 18.9 Å². The van der Waals surface area contributed by atoms with Gasteiger partial charge in [0.15, 0.2) is 12.4 Å². The minimum absolute atomic E-state index is 0.0411. The molecule has 27 heavy (non-hydrogen) atoms. The Morgan fingerprint density at radius 3 is 2.30 bits per heavy atom. The van der Waals surface area contributed by atoms with Gasteiger partial charge in [0.1, 0.15) is 0 Å². The molecule has 1 N–H and O–H groups in total. The lowest BCUT2D eigenvalue weighted by Crippen LogP contribution is -2.34. The SMILES string of the molecule is O=C(COC(=O)c1ccc(C(=O)c2ccccc2)cc1)NCC1CCCO1. The van der Waals surface area contributed by atoms with Crippen molar-refractivity contribution in [1.82, 2.24) is 5.32 Å². The first-order valence-corrected chi connectivity index (χ1v) is 8.89.